The summed E-state index contributed by atoms with van der Waals surface area (Å²) in [6.07, 6.45) is 3.64. The fourth-order valence-electron chi connectivity index (χ4n) is 3.93. The van der Waals surface area contributed by atoms with Crippen molar-refractivity contribution in [1.29, 1.82) is 0 Å². The van der Waals surface area contributed by atoms with Crippen molar-refractivity contribution in [3.05, 3.63) is 48.2 Å². The van der Waals surface area contributed by atoms with Gasteiger partial charge in [-0.3, -0.25) is 9.36 Å². The molecular weight excluding hydrogens is 453 g/mol. The summed E-state index contributed by atoms with van der Waals surface area (Å²) < 4.78 is 46.8. The van der Waals surface area contributed by atoms with Crippen LogP contribution in [-0.2, 0) is 11.0 Å². The lowest BCUT2D eigenvalue weighted by Crippen LogP contribution is -2.36. The molecule has 33 heavy (non-hydrogen) atoms. The van der Waals surface area contributed by atoms with Gasteiger partial charge >= 0.3 is 6.18 Å². The van der Waals surface area contributed by atoms with Crippen LogP contribution in [0, 0.1) is 0 Å². The first-order valence-corrected chi connectivity index (χ1v) is 12.0. The quantitative estimate of drug-likeness (QED) is 0.324. The number of carbonyl (C=O) groups is 1. The van der Waals surface area contributed by atoms with Gasteiger partial charge in [0, 0.05) is 18.2 Å². The highest BCUT2D eigenvalue weighted by Crippen LogP contribution is 2.33. The molecular formula is C23H25F3N4O2S. The number of hydrogen-bond acceptors (Lipinski definition) is 5. The molecule has 0 aliphatic heterocycles. The number of furan rings is 1. The van der Waals surface area contributed by atoms with Gasteiger partial charge in [0.05, 0.1) is 17.5 Å². The van der Waals surface area contributed by atoms with Gasteiger partial charge < -0.3 is 9.73 Å². The van der Waals surface area contributed by atoms with Gasteiger partial charge in [0.2, 0.25) is 11.7 Å². The first-order chi connectivity index (χ1) is 15.9. The molecule has 0 atom stereocenters. The van der Waals surface area contributed by atoms with Gasteiger partial charge in [-0.25, -0.2) is 0 Å². The third-order valence-corrected chi connectivity index (χ3v) is 6.57. The summed E-state index contributed by atoms with van der Waals surface area (Å²) in [6, 6.07) is 8.66. The number of rotatable bonds is 8. The van der Waals surface area contributed by atoms with E-state index in [2.05, 4.69) is 15.5 Å². The molecule has 1 fully saturated rings. The Morgan fingerprint density at radius 3 is 2.70 bits per heavy atom. The number of nitrogens with zero attached hydrogens (tertiary/aromatic N) is 3. The molecule has 10 heteroatoms. The molecule has 2 heterocycles. The predicted molar refractivity (Wildman–Crippen MR) is 119 cm³/mol. The standard InChI is InChI=1S/C23H25F3N4O2S/c24-23(25,26)16-7-4-10-18(15-16)30-21(19-11-5-13-32-19)28-29-22(30)33-14-6-12-20(31)27-17-8-2-1-3-9-17/h4-5,7,10-11,13,15,17H,1-3,6,8-9,12,14H2,(H,27,31). The summed E-state index contributed by atoms with van der Waals surface area (Å²) >= 11 is 1.35. The van der Waals surface area contributed by atoms with Crippen molar-refractivity contribution in [2.45, 2.75) is 62.3 Å². The molecule has 0 saturated heterocycles. The molecule has 176 valence electrons. The molecule has 1 aliphatic carbocycles. The average Bonchev–Trinajstić information content (AvgIpc) is 3.47. The Labute approximate surface area is 194 Å². The van der Waals surface area contributed by atoms with Gasteiger partial charge in [0.25, 0.3) is 0 Å². The molecule has 1 amide bonds. The average molecular weight is 479 g/mol. The molecule has 1 saturated carbocycles. The maximum atomic E-state index is 13.3. The van der Waals surface area contributed by atoms with Crippen LogP contribution in [0.3, 0.4) is 0 Å². The van der Waals surface area contributed by atoms with E-state index in [1.165, 1.54) is 30.5 Å². The van der Waals surface area contributed by atoms with E-state index in [4.69, 9.17) is 4.42 Å². The van der Waals surface area contributed by atoms with Crippen LogP contribution >= 0.6 is 11.8 Å². The number of alkyl halides is 3. The lowest BCUT2D eigenvalue weighted by atomic mass is 9.95. The molecule has 4 rings (SSSR count). The van der Waals surface area contributed by atoms with Crippen molar-refractivity contribution in [3.63, 3.8) is 0 Å². The summed E-state index contributed by atoms with van der Waals surface area (Å²) in [5.74, 6) is 1.33. The minimum atomic E-state index is -4.46. The van der Waals surface area contributed by atoms with Gasteiger partial charge in [-0.1, -0.05) is 37.1 Å². The highest BCUT2D eigenvalue weighted by Gasteiger charge is 2.31. The van der Waals surface area contributed by atoms with Crippen LogP contribution < -0.4 is 5.32 Å². The zero-order valence-corrected chi connectivity index (χ0v) is 18.8. The SMILES string of the molecule is O=C(CCCSc1nnc(-c2ccco2)n1-c1cccc(C(F)(F)F)c1)NC1CCCCC1. The Hall–Kier alpha value is -2.75. The van der Waals surface area contributed by atoms with Gasteiger partial charge in [0.15, 0.2) is 10.9 Å². The second kappa shape index (κ2) is 10.5. The minimum absolute atomic E-state index is 0.0399. The number of hydrogen-bond donors (Lipinski definition) is 1. The lowest BCUT2D eigenvalue weighted by Gasteiger charge is -2.22. The van der Waals surface area contributed by atoms with Crippen LogP contribution in [0.4, 0.5) is 13.2 Å². The fraction of sp³-hybridized carbons (Fsp3) is 0.435. The molecule has 0 bridgehead atoms. The minimum Gasteiger partial charge on any atom is -0.461 e. The number of thioether (sulfide) groups is 1. The van der Waals surface area contributed by atoms with Gasteiger partial charge in [-0.15, -0.1) is 10.2 Å². The van der Waals surface area contributed by atoms with E-state index >= 15 is 0 Å². The monoisotopic (exact) mass is 478 g/mol. The normalized spacial score (nSPS) is 15.0. The Bertz CT molecular complexity index is 1060. The van der Waals surface area contributed by atoms with E-state index < -0.39 is 11.7 Å². The molecule has 6 nitrogen and oxygen atoms in total. The fourth-order valence-corrected chi connectivity index (χ4v) is 4.82. The van der Waals surface area contributed by atoms with Gasteiger partial charge in [-0.05, 0) is 49.6 Å². The number of halogens is 3. The number of aromatic nitrogens is 3. The summed E-state index contributed by atoms with van der Waals surface area (Å²) in [4.78, 5) is 12.2. The molecule has 1 aromatic carbocycles. The van der Waals surface area contributed by atoms with Crippen LogP contribution in [0.15, 0.2) is 52.2 Å². The summed E-state index contributed by atoms with van der Waals surface area (Å²) in [5.41, 5.74) is -0.465. The van der Waals surface area contributed by atoms with Gasteiger partial charge in [0.1, 0.15) is 0 Å². The lowest BCUT2D eigenvalue weighted by molar-refractivity contribution is -0.137. The maximum absolute atomic E-state index is 13.3. The summed E-state index contributed by atoms with van der Waals surface area (Å²) in [5, 5.41) is 11.9. The number of benzene rings is 1. The van der Waals surface area contributed by atoms with Crippen molar-refractivity contribution in [2.24, 2.45) is 0 Å². The zero-order chi connectivity index (χ0) is 23.3. The highest BCUT2D eigenvalue weighted by atomic mass is 32.2. The number of carbonyl (C=O) groups excluding carboxylic acids is 1. The van der Waals surface area contributed by atoms with E-state index in [1.807, 2.05) is 0 Å². The van der Waals surface area contributed by atoms with E-state index in [0.717, 1.165) is 37.8 Å². The molecule has 3 aromatic rings. The third kappa shape index (κ3) is 5.98. The first kappa shape index (κ1) is 23.4. The number of nitrogens with one attached hydrogen (secondary N) is 1. The van der Waals surface area contributed by atoms with E-state index in [-0.39, 0.29) is 11.9 Å². The van der Waals surface area contributed by atoms with Crippen LogP contribution in [0.5, 0.6) is 0 Å². The van der Waals surface area contributed by atoms with Crippen molar-refractivity contribution in [2.75, 3.05) is 5.75 Å². The Kier molecular flexibility index (Phi) is 7.42. The van der Waals surface area contributed by atoms with Crippen molar-refractivity contribution in [1.82, 2.24) is 20.1 Å². The van der Waals surface area contributed by atoms with E-state index in [1.54, 1.807) is 22.8 Å². The van der Waals surface area contributed by atoms with Crippen molar-refractivity contribution in [3.8, 4) is 17.3 Å². The second-order valence-electron chi connectivity index (χ2n) is 8.02. The Morgan fingerprint density at radius 2 is 1.97 bits per heavy atom. The Balaban J connectivity index is 1.46. The van der Waals surface area contributed by atoms with Crippen molar-refractivity contribution >= 4 is 17.7 Å². The molecule has 1 aliphatic rings. The van der Waals surface area contributed by atoms with Crippen LogP contribution in [0.25, 0.3) is 17.3 Å². The molecule has 0 radical (unpaired) electrons. The molecule has 2 aromatic heterocycles. The van der Waals surface area contributed by atoms with Crippen LogP contribution in [-0.4, -0.2) is 32.5 Å². The maximum Gasteiger partial charge on any atom is 0.416 e. The second-order valence-corrected chi connectivity index (χ2v) is 9.08. The van der Waals surface area contributed by atoms with Crippen molar-refractivity contribution < 1.29 is 22.4 Å². The Morgan fingerprint density at radius 1 is 1.15 bits per heavy atom. The summed E-state index contributed by atoms with van der Waals surface area (Å²) in [6.45, 7) is 0. The third-order valence-electron chi connectivity index (χ3n) is 5.56. The van der Waals surface area contributed by atoms with Crippen LogP contribution in [0.1, 0.15) is 50.5 Å². The largest absolute Gasteiger partial charge is 0.461 e. The van der Waals surface area contributed by atoms with Gasteiger partial charge in [-0.2, -0.15) is 13.2 Å². The smallest absolute Gasteiger partial charge is 0.416 e. The van der Waals surface area contributed by atoms with E-state index in [9.17, 15) is 18.0 Å². The summed E-state index contributed by atoms with van der Waals surface area (Å²) in [7, 11) is 0. The van der Waals surface area contributed by atoms with E-state index in [0.29, 0.717) is 41.0 Å². The van der Waals surface area contributed by atoms with Crippen LogP contribution in [0.2, 0.25) is 0 Å². The highest BCUT2D eigenvalue weighted by molar-refractivity contribution is 7.99. The number of amides is 1. The topological polar surface area (TPSA) is 73.0 Å². The first-order valence-electron chi connectivity index (χ1n) is 11.0. The predicted octanol–water partition coefficient (Wildman–Crippen LogP) is 5.87. The molecule has 0 spiro atoms. The molecule has 0 unspecified atom stereocenters. The zero-order valence-electron chi connectivity index (χ0n) is 18.0. The molecule has 1 N–H and O–H groups in total.